The van der Waals surface area contributed by atoms with Crippen LogP contribution < -0.4 is 11.1 Å². The Morgan fingerprint density at radius 3 is 2.81 bits per heavy atom. The third-order valence-corrected chi connectivity index (χ3v) is 4.42. The number of rotatable bonds is 3. The molecule has 3 N–H and O–H groups in total. The summed E-state index contributed by atoms with van der Waals surface area (Å²) in [6.45, 7) is 2.11. The number of anilines is 2. The van der Waals surface area contributed by atoms with E-state index in [4.69, 9.17) is 5.73 Å². The monoisotopic (exact) mass is 236 g/mol. The van der Waals surface area contributed by atoms with Crippen molar-refractivity contribution in [2.45, 2.75) is 37.5 Å². The number of nitrogen functional groups attached to an aromatic ring is 1. The molecule has 88 valence electrons. The number of thioether (sulfide) groups is 1. The molecule has 2 nitrogen and oxygen atoms in total. The fraction of sp³-hybridized carbons (Fsp3) is 0.538. The van der Waals surface area contributed by atoms with E-state index in [1.807, 2.05) is 23.9 Å². The standard InChI is InChI=1S/C13H20N2S/c1-9-7-10(14)3-6-13(9)15-11-4-5-12(8-11)16-2/h3,6-7,11-12,15H,4-5,8,14H2,1-2H3. The minimum Gasteiger partial charge on any atom is -0.399 e. The lowest BCUT2D eigenvalue weighted by molar-refractivity contribution is 0.756. The van der Waals surface area contributed by atoms with E-state index in [0.717, 1.165) is 10.9 Å². The van der Waals surface area contributed by atoms with Gasteiger partial charge in [0.15, 0.2) is 0 Å². The fourth-order valence-corrected chi connectivity index (χ4v) is 3.15. The van der Waals surface area contributed by atoms with Crippen LogP contribution >= 0.6 is 11.8 Å². The molecular formula is C13H20N2S. The lowest BCUT2D eigenvalue weighted by Gasteiger charge is -2.16. The Balaban J connectivity index is 1.99. The van der Waals surface area contributed by atoms with E-state index in [1.165, 1.54) is 30.5 Å². The number of aryl methyl sites for hydroxylation is 1. The van der Waals surface area contributed by atoms with Gasteiger partial charge in [-0.1, -0.05) is 0 Å². The Kier molecular flexibility index (Phi) is 3.64. The van der Waals surface area contributed by atoms with Crippen LogP contribution in [0.15, 0.2) is 18.2 Å². The van der Waals surface area contributed by atoms with Crippen molar-refractivity contribution in [3.05, 3.63) is 23.8 Å². The molecule has 0 amide bonds. The van der Waals surface area contributed by atoms with Gasteiger partial charge in [0.05, 0.1) is 0 Å². The van der Waals surface area contributed by atoms with Gasteiger partial charge < -0.3 is 11.1 Å². The van der Waals surface area contributed by atoms with E-state index in [0.29, 0.717) is 6.04 Å². The number of hydrogen-bond donors (Lipinski definition) is 2. The van der Waals surface area contributed by atoms with Crippen molar-refractivity contribution >= 4 is 23.1 Å². The van der Waals surface area contributed by atoms with E-state index in [1.54, 1.807) is 0 Å². The summed E-state index contributed by atoms with van der Waals surface area (Å²) in [4.78, 5) is 0. The zero-order valence-corrected chi connectivity index (χ0v) is 10.8. The SMILES string of the molecule is CSC1CCC(Nc2ccc(N)cc2C)C1. The van der Waals surface area contributed by atoms with Crippen molar-refractivity contribution in [3.63, 3.8) is 0 Å². The van der Waals surface area contributed by atoms with Gasteiger partial charge in [0, 0.05) is 22.7 Å². The van der Waals surface area contributed by atoms with Gasteiger partial charge in [0.1, 0.15) is 0 Å². The van der Waals surface area contributed by atoms with E-state index in [9.17, 15) is 0 Å². The van der Waals surface area contributed by atoms with E-state index >= 15 is 0 Å². The van der Waals surface area contributed by atoms with Crippen LogP contribution in [0.2, 0.25) is 0 Å². The molecule has 2 unspecified atom stereocenters. The second kappa shape index (κ2) is 5.00. The highest BCUT2D eigenvalue weighted by Crippen LogP contribution is 2.31. The Hall–Kier alpha value is -0.830. The molecule has 0 spiro atoms. The highest BCUT2D eigenvalue weighted by atomic mass is 32.2. The first kappa shape index (κ1) is 11.6. The summed E-state index contributed by atoms with van der Waals surface area (Å²) in [5.41, 5.74) is 9.07. The summed E-state index contributed by atoms with van der Waals surface area (Å²) < 4.78 is 0. The number of nitrogens with two attached hydrogens (primary N) is 1. The average Bonchev–Trinajstić information content (AvgIpc) is 2.70. The van der Waals surface area contributed by atoms with E-state index < -0.39 is 0 Å². The lowest BCUT2D eigenvalue weighted by Crippen LogP contribution is -2.16. The summed E-state index contributed by atoms with van der Waals surface area (Å²) in [5, 5.41) is 4.47. The van der Waals surface area contributed by atoms with Crippen LogP contribution in [0.25, 0.3) is 0 Å². The van der Waals surface area contributed by atoms with Crippen molar-refractivity contribution in [1.82, 2.24) is 0 Å². The molecule has 0 saturated heterocycles. The number of hydrogen-bond acceptors (Lipinski definition) is 3. The smallest absolute Gasteiger partial charge is 0.0373 e. The average molecular weight is 236 g/mol. The topological polar surface area (TPSA) is 38.0 Å². The molecular weight excluding hydrogens is 216 g/mol. The molecule has 1 aromatic rings. The predicted molar refractivity (Wildman–Crippen MR) is 74.2 cm³/mol. The quantitative estimate of drug-likeness (QED) is 0.791. The van der Waals surface area contributed by atoms with Crippen molar-refractivity contribution in [1.29, 1.82) is 0 Å². The van der Waals surface area contributed by atoms with Gasteiger partial charge in [0.25, 0.3) is 0 Å². The van der Waals surface area contributed by atoms with Gasteiger partial charge >= 0.3 is 0 Å². The summed E-state index contributed by atoms with van der Waals surface area (Å²) in [7, 11) is 0. The van der Waals surface area contributed by atoms with Crippen LogP contribution in [0.3, 0.4) is 0 Å². The molecule has 0 aliphatic heterocycles. The molecule has 1 aliphatic carbocycles. The molecule has 2 rings (SSSR count). The number of nitrogens with one attached hydrogen (secondary N) is 1. The maximum absolute atomic E-state index is 5.75. The summed E-state index contributed by atoms with van der Waals surface area (Å²) in [6.07, 6.45) is 6.12. The second-order valence-corrected chi connectivity index (χ2v) is 5.72. The van der Waals surface area contributed by atoms with Gasteiger partial charge in [-0.3, -0.25) is 0 Å². The molecule has 0 aromatic heterocycles. The highest BCUT2D eigenvalue weighted by molar-refractivity contribution is 7.99. The molecule has 0 radical (unpaired) electrons. The van der Waals surface area contributed by atoms with Crippen molar-refractivity contribution < 1.29 is 0 Å². The van der Waals surface area contributed by atoms with Crippen molar-refractivity contribution in [2.24, 2.45) is 0 Å². The van der Waals surface area contributed by atoms with Crippen LogP contribution in [-0.4, -0.2) is 17.5 Å². The molecule has 1 saturated carbocycles. The van der Waals surface area contributed by atoms with Crippen LogP contribution in [0.1, 0.15) is 24.8 Å². The van der Waals surface area contributed by atoms with Crippen molar-refractivity contribution in [2.75, 3.05) is 17.3 Å². The normalized spacial score (nSPS) is 24.6. The molecule has 1 fully saturated rings. The maximum Gasteiger partial charge on any atom is 0.0373 e. The lowest BCUT2D eigenvalue weighted by atomic mass is 10.1. The van der Waals surface area contributed by atoms with Gasteiger partial charge in [-0.05, 0) is 56.2 Å². The molecule has 0 bridgehead atoms. The van der Waals surface area contributed by atoms with E-state index in [-0.39, 0.29) is 0 Å². The summed E-state index contributed by atoms with van der Waals surface area (Å²) in [6, 6.07) is 6.73. The minimum atomic E-state index is 0.639. The van der Waals surface area contributed by atoms with Crippen molar-refractivity contribution in [3.8, 4) is 0 Å². The van der Waals surface area contributed by atoms with Gasteiger partial charge in [-0.25, -0.2) is 0 Å². The van der Waals surface area contributed by atoms with Crippen LogP contribution in [0.4, 0.5) is 11.4 Å². The molecule has 3 heteroatoms. The largest absolute Gasteiger partial charge is 0.399 e. The Bertz CT molecular complexity index is 365. The predicted octanol–water partition coefficient (Wildman–Crippen LogP) is 3.27. The Morgan fingerprint density at radius 2 is 2.19 bits per heavy atom. The summed E-state index contributed by atoms with van der Waals surface area (Å²) in [5.74, 6) is 0. The molecule has 1 aliphatic rings. The Morgan fingerprint density at radius 1 is 1.38 bits per heavy atom. The van der Waals surface area contributed by atoms with Gasteiger partial charge in [-0.2, -0.15) is 11.8 Å². The minimum absolute atomic E-state index is 0.639. The van der Waals surface area contributed by atoms with Crippen LogP contribution in [-0.2, 0) is 0 Å². The van der Waals surface area contributed by atoms with Crippen LogP contribution in [0, 0.1) is 6.92 Å². The third-order valence-electron chi connectivity index (χ3n) is 3.33. The third kappa shape index (κ3) is 2.64. The van der Waals surface area contributed by atoms with E-state index in [2.05, 4.69) is 24.6 Å². The van der Waals surface area contributed by atoms with Crippen LogP contribution in [0.5, 0.6) is 0 Å². The Labute approximate surface area is 102 Å². The zero-order valence-electron chi connectivity index (χ0n) is 9.99. The van der Waals surface area contributed by atoms with Gasteiger partial charge in [-0.15, -0.1) is 0 Å². The molecule has 2 atom stereocenters. The summed E-state index contributed by atoms with van der Waals surface area (Å²) >= 11 is 1.99. The number of benzene rings is 1. The fourth-order valence-electron chi connectivity index (χ4n) is 2.35. The van der Waals surface area contributed by atoms with Gasteiger partial charge in [0.2, 0.25) is 0 Å². The maximum atomic E-state index is 5.75. The first-order valence-electron chi connectivity index (χ1n) is 5.84. The molecule has 16 heavy (non-hydrogen) atoms. The second-order valence-electron chi connectivity index (χ2n) is 4.59. The highest BCUT2D eigenvalue weighted by Gasteiger charge is 2.23. The zero-order chi connectivity index (χ0) is 11.5. The first-order valence-corrected chi connectivity index (χ1v) is 7.13. The first-order chi connectivity index (χ1) is 7.69. The molecule has 0 heterocycles. The molecule has 1 aromatic carbocycles.